The summed E-state index contributed by atoms with van der Waals surface area (Å²) in [4.78, 5) is 17.1. The van der Waals surface area contributed by atoms with Crippen molar-refractivity contribution in [3.63, 3.8) is 0 Å². The van der Waals surface area contributed by atoms with Crippen molar-refractivity contribution < 1.29 is 14.3 Å². The van der Waals surface area contributed by atoms with Gasteiger partial charge in [0.05, 0.1) is 24.1 Å². The molecule has 0 bridgehead atoms. The molecule has 1 N–H and O–H groups in total. The van der Waals surface area contributed by atoms with Gasteiger partial charge in [-0.05, 0) is 63.1 Å². The van der Waals surface area contributed by atoms with E-state index in [0.29, 0.717) is 5.75 Å². The SMILES string of the molecule is Cc1nc(SCC(=O)Nc2ccc(Oc3ccccc3)cc2)n(C[C@H]2CCCO2)c1C. The smallest absolute Gasteiger partial charge is 0.234 e. The quantitative estimate of drug-likeness (QED) is 0.491. The van der Waals surface area contributed by atoms with E-state index < -0.39 is 0 Å². The Bertz CT molecular complexity index is 1010. The fourth-order valence-electron chi connectivity index (χ4n) is 3.50. The zero-order chi connectivity index (χ0) is 21.6. The molecule has 4 rings (SSSR count). The van der Waals surface area contributed by atoms with Crippen LogP contribution in [0.3, 0.4) is 0 Å². The summed E-state index contributed by atoms with van der Waals surface area (Å²) in [5.74, 6) is 1.73. The maximum Gasteiger partial charge on any atom is 0.234 e. The number of nitrogens with zero attached hydrogens (tertiary/aromatic N) is 2. The predicted molar refractivity (Wildman–Crippen MR) is 123 cm³/mol. The van der Waals surface area contributed by atoms with Crippen LogP contribution in [0.5, 0.6) is 11.5 Å². The van der Waals surface area contributed by atoms with E-state index in [1.54, 1.807) is 0 Å². The molecule has 7 heteroatoms. The fraction of sp³-hybridized carbons (Fsp3) is 0.333. The highest BCUT2D eigenvalue weighted by Gasteiger charge is 2.20. The van der Waals surface area contributed by atoms with Crippen molar-refractivity contribution in [3.05, 3.63) is 66.0 Å². The summed E-state index contributed by atoms with van der Waals surface area (Å²) in [6, 6.07) is 17.0. The lowest BCUT2D eigenvalue weighted by atomic mass is 10.2. The van der Waals surface area contributed by atoms with E-state index in [-0.39, 0.29) is 12.0 Å². The van der Waals surface area contributed by atoms with Crippen LogP contribution < -0.4 is 10.1 Å². The molecule has 1 saturated heterocycles. The van der Waals surface area contributed by atoms with Gasteiger partial charge in [0.1, 0.15) is 11.5 Å². The number of carbonyl (C=O) groups excluding carboxylic acids is 1. The number of anilines is 1. The molecular formula is C24H27N3O3S. The molecule has 0 spiro atoms. The molecule has 162 valence electrons. The molecule has 2 heterocycles. The summed E-state index contributed by atoms with van der Waals surface area (Å²) in [7, 11) is 0. The van der Waals surface area contributed by atoms with Crippen molar-refractivity contribution in [3.8, 4) is 11.5 Å². The highest BCUT2D eigenvalue weighted by Crippen LogP contribution is 2.25. The first-order valence-corrected chi connectivity index (χ1v) is 11.5. The second kappa shape index (κ2) is 10.0. The summed E-state index contributed by atoms with van der Waals surface area (Å²) < 4.78 is 13.7. The van der Waals surface area contributed by atoms with Crippen LogP contribution >= 0.6 is 11.8 Å². The number of aromatic nitrogens is 2. The zero-order valence-electron chi connectivity index (χ0n) is 17.8. The van der Waals surface area contributed by atoms with E-state index in [4.69, 9.17) is 9.47 Å². The van der Waals surface area contributed by atoms with E-state index in [2.05, 4.69) is 21.8 Å². The molecule has 6 nitrogen and oxygen atoms in total. The summed E-state index contributed by atoms with van der Waals surface area (Å²) in [5.41, 5.74) is 2.86. The Morgan fingerprint density at radius 2 is 1.90 bits per heavy atom. The van der Waals surface area contributed by atoms with Gasteiger partial charge in [0.25, 0.3) is 0 Å². The van der Waals surface area contributed by atoms with E-state index in [0.717, 1.165) is 59.7 Å². The minimum absolute atomic E-state index is 0.0660. The number of imidazole rings is 1. The van der Waals surface area contributed by atoms with E-state index >= 15 is 0 Å². The molecule has 1 atom stereocenters. The summed E-state index contributed by atoms with van der Waals surface area (Å²) in [6.07, 6.45) is 2.42. The number of ether oxygens (including phenoxy) is 2. The lowest BCUT2D eigenvalue weighted by Gasteiger charge is -2.14. The third-order valence-electron chi connectivity index (χ3n) is 5.28. The van der Waals surface area contributed by atoms with Gasteiger partial charge in [0.2, 0.25) is 5.91 Å². The molecule has 0 aliphatic carbocycles. The summed E-state index contributed by atoms with van der Waals surface area (Å²) in [5, 5.41) is 3.81. The lowest BCUT2D eigenvalue weighted by molar-refractivity contribution is -0.113. The monoisotopic (exact) mass is 437 g/mol. The van der Waals surface area contributed by atoms with Gasteiger partial charge in [-0.1, -0.05) is 30.0 Å². The number of rotatable bonds is 8. The lowest BCUT2D eigenvalue weighted by Crippen LogP contribution is -2.18. The number of para-hydroxylation sites is 1. The number of thioether (sulfide) groups is 1. The van der Waals surface area contributed by atoms with E-state index in [1.807, 2.05) is 61.5 Å². The topological polar surface area (TPSA) is 65.4 Å². The van der Waals surface area contributed by atoms with E-state index in [9.17, 15) is 4.79 Å². The van der Waals surface area contributed by atoms with Gasteiger partial charge in [0.15, 0.2) is 5.16 Å². The Hall–Kier alpha value is -2.77. The third kappa shape index (κ3) is 5.68. The van der Waals surface area contributed by atoms with Gasteiger partial charge < -0.3 is 19.4 Å². The fourth-order valence-corrected chi connectivity index (χ4v) is 4.40. The molecule has 1 aliphatic heterocycles. The maximum absolute atomic E-state index is 12.5. The molecule has 1 aromatic heterocycles. The first-order valence-electron chi connectivity index (χ1n) is 10.5. The molecular weight excluding hydrogens is 410 g/mol. The molecule has 0 radical (unpaired) electrons. The Morgan fingerprint density at radius 3 is 2.61 bits per heavy atom. The van der Waals surface area contributed by atoms with E-state index in [1.165, 1.54) is 11.8 Å². The van der Waals surface area contributed by atoms with Crippen LogP contribution in [0, 0.1) is 13.8 Å². The van der Waals surface area contributed by atoms with Crippen LogP contribution in [0.15, 0.2) is 59.8 Å². The minimum Gasteiger partial charge on any atom is -0.457 e. The van der Waals surface area contributed by atoms with Gasteiger partial charge in [-0.15, -0.1) is 0 Å². The molecule has 1 amide bonds. The Morgan fingerprint density at radius 1 is 1.16 bits per heavy atom. The standard InChI is InChI=1S/C24H27N3O3S/c1-17-18(2)27(15-22-9-6-14-29-22)24(25-17)31-16-23(28)26-19-10-12-21(13-11-19)30-20-7-4-3-5-8-20/h3-5,7-8,10-13,22H,6,9,14-16H2,1-2H3,(H,26,28)/t22-/m1/s1. The highest BCUT2D eigenvalue weighted by atomic mass is 32.2. The van der Waals surface area contributed by atoms with Crippen LogP contribution in [-0.2, 0) is 16.1 Å². The number of hydrogen-bond acceptors (Lipinski definition) is 5. The van der Waals surface area contributed by atoms with Crippen LogP contribution in [0.25, 0.3) is 0 Å². The molecule has 1 aliphatic rings. The van der Waals surface area contributed by atoms with Crippen LogP contribution in [0.1, 0.15) is 24.2 Å². The summed E-state index contributed by atoms with van der Waals surface area (Å²) in [6.45, 7) is 5.70. The highest BCUT2D eigenvalue weighted by molar-refractivity contribution is 7.99. The average Bonchev–Trinajstić information content (AvgIpc) is 3.38. The van der Waals surface area contributed by atoms with Gasteiger partial charge in [-0.3, -0.25) is 4.79 Å². The van der Waals surface area contributed by atoms with Crippen LogP contribution in [0.4, 0.5) is 5.69 Å². The Kier molecular flexibility index (Phi) is 6.94. The van der Waals surface area contributed by atoms with Crippen LogP contribution in [-0.4, -0.2) is 33.9 Å². The zero-order valence-corrected chi connectivity index (χ0v) is 18.7. The van der Waals surface area contributed by atoms with Crippen molar-refractivity contribution in [1.29, 1.82) is 0 Å². The molecule has 2 aromatic carbocycles. The first kappa shape index (κ1) is 21.5. The number of nitrogens with one attached hydrogen (secondary N) is 1. The van der Waals surface area contributed by atoms with Gasteiger partial charge >= 0.3 is 0 Å². The second-order valence-corrected chi connectivity index (χ2v) is 8.53. The van der Waals surface area contributed by atoms with Gasteiger partial charge in [-0.2, -0.15) is 0 Å². The van der Waals surface area contributed by atoms with Crippen molar-refractivity contribution in [2.45, 2.75) is 44.5 Å². The van der Waals surface area contributed by atoms with Crippen molar-refractivity contribution in [1.82, 2.24) is 9.55 Å². The second-order valence-electron chi connectivity index (χ2n) is 7.59. The number of aryl methyl sites for hydroxylation is 1. The maximum atomic E-state index is 12.5. The Balaban J connectivity index is 1.31. The largest absolute Gasteiger partial charge is 0.457 e. The molecule has 3 aromatic rings. The summed E-state index contributed by atoms with van der Waals surface area (Å²) >= 11 is 1.46. The molecule has 1 fully saturated rings. The molecule has 0 unspecified atom stereocenters. The number of amides is 1. The van der Waals surface area contributed by atoms with Crippen molar-refractivity contribution in [2.24, 2.45) is 0 Å². The normalized spacial score (nSPS) is 15.7. The number of carbonyl (C=O) groups is 1. The van der Waals surface area contributed by atoms with Gasteiger partial charge in [-0.25, -0.2) is 4.98 Å². The van der Waals surface area contributed by atoms with Crippen LogP contribution in [0.2, 0.25) is 0 Å². The van der Waals surface area contributed by atoms with Gasteiger partial charge in [0, 0.05) is 18.0 Å². The molecule has 31 heavy (non-hydrogen) atoms. The first-order chi connectivity index (χ1) is 15.1. The Labute approximate surface area is 187 Å². The minimum atomic E-state index is -0.0660. The molecule has 0 saturated carbocycles. The van der Waals surface area contributed by atoms with Crippen molar-refractivity contribution in [2.75, 3.05) is 17.7 Å². The third-order valence-corrected chi connectivity index (χ3v) is 6.26. The predicted octanol–water partition coefficient (Wildman–Crippen LogP) is 5.20. The van der Waals surface area contributed by atoms with Crippen molar-refractivity contribution >= 4 is 23.4 Å². The number of hydrogen-bond donors (Lipinski definition) is 1. The average molecular weight is 438 g/mol. The number of benzene rings is 2.